The molecule has 0 atom stereocenters. The summed E-state index contributed by atoms with van der Waals surface area (Å²) in [5.41, 5.74) is 2.94. The smallest absolute Gasteiger partial charge is 0.267 e. The number of hydrogen-bond donors (Lipinski definition) is 0. The van der Waals surface area contributed by atoms with E-state index < -0.39 is 0 Å². The third kappa shape index (κ3) is 3.06. The van der Waals surface area contributed by atoms with Crippen LogP contribution in [-0.4, -0.2) is 26.3 Å². The van der Waals surface area contributed by atoms with Crippen LogP contribution in [-0.2, 0) is 0 Å². The Kier molecular flexibility index (Phi) is 4.42. The van der Waals surface area contributed by atoms with Gasteiger partial charge in [0.25, 0.3) is 5.91 Å². The topological polar surface area (TPSA) is 52.2 Å². The van der Waals surface area contributed by atoms with Gasteiger partial charge in [0.05, 0.1) is 23.1 Å². The summed E-state index contributed by atoms with van der Waals surface area (Å²) in [7, 11) is 0. The lowest BCUT2D eigenvalue weighted by molar-refractivity contribution is 0.0954. The largest absolute Gasteiger partial charge is 0.268 e. The molecule has 2 heterocycles. The van der Waals surface area contributed by atoms with Crippen LogP contribution in [0.4, 0.5) is 0 Å². The van der Waals surface area contributed by atoms with E-state index in [-0.39, 0.29) is 11.9 Å². The SMILES string of the molecule is Cc1c(C(=O)n2ccccc2=NC(C)C)cnn1-c1ccccc1. The van der Waals surface area contributed by atoms with Gasteiger partial charge in [-0.15, -0.1) is 0 Å². The highest BCUT2D eigenvalue weighted by atomic mass is 16.2. The van der Waals surface area contributed by atoms with E-state index in [2.05, 4.69) is 10.1 Å². The maximum atomic E-state index is 13.0. The van der Waals surface area contributed by atoms with Gasteiger partial charge in [0, 0.05) is 12.2 Å². The molecule has 24 heavy (non-hydrogen) atoms. The van der Waals surface area contributed by atoms with Gasteiger partial charge in [0.2, 0.25) is 0 Å². The fraction of sp³-hybridized carbons (Fsp3) is 0.211. The molecule has 0 aliphatic carbocycles. The summed E-state index contributed by atoms with van der Waals surface area (Å²) in [6.45, 7) is 5.87. The molecular weight excluding hydrogens is 300 g/mol. The fourth-order valence-electron chi connectivity index (χ4n) is 2.55. The quantitative estimate of drug-likeness (QED) is 0.745. The molecule has 3 rings (SSSR count). The van der Waals surface area contributed by atoms with Crippen LogP contribution >= 0.6 is 0 Å². The van der Waals surface area contributed by atoms with Crippen molar-refractivity contribution in [1.29, 1.82) is 0 Å². The minimum absolute atomic E-state index is 0.111. The van der Waals surface area contributed by atoms with E-state index in [1.165, 1.54) is 0 Å². The van der Waals surface area contributed by atoms with Crippen molar-refractivity contribution in [3.8, 4) is 5.69 Å². The zero-order valence-electron chi connectivity index (χ0n) is 14.0. The van der Waals surface area contributed by atoms with Gasteiger partial charge in [0.15, 0.2) is 0 Å². The fourth-order valence-corrected chi connectivity index (χ4v) is 2.55. The summed E-state index contributed by atoms with van der Waals surface area (Å²) < 4.78 is 3.34. The molecule has 3 aromatic rings. The van der Waals surface area contributed by atoms with Crippen molar-refractivity contribution in [2.45, 2.75) is 26.8 Å². The minimum Gasteiger partial charge on any atom is -0.268 e. The number of para-hydroxylation sites is 1. The monoisotopic (exact) mass is 320 g/mol. The third-order valence-corrected chi connectivity index (χ3v) is 3.69. The third-order valence-electron chi connectivity index (χ3n) is 3.69. The number of rotatable bonds is 3. The molecule has 0 unspecified atom stereocenters. The summed E-state index contributed by atoms with van der Waals surface area (Å²) >= 11 is 0. The van der Waals surface area contributed by atoms with Crippen molar-refractivity contribution in [1.82, 2.24) is 14.3 Å². The molecule has 2 aromatic heterocycles. The molecule has 0 aliphatic heterocycles. The molecule has 0 bridgehead atoms. The molecule has 122 valence electrons. The minimum atomic E-state index is -0.130. The van der Waals surface area contributed by atoms with Gasteiger partial charge in [-0.25, -0.2) is 4.68 Å². The normalized spacial score (nSPS) is 11.9. The second-order valence-corrected chi connectivity index (χ2v) is 5.85. The molecule has 0 amide bonds. The van der Waals surface area contributed by atoms with E-state index in [4.69, 9.17) is 0 Å². The van der Waals surface area contributed by atoms with Crippen molar-refractivity contribution in [3.63, 3.8) is 0 Å². The second-order valence-electron chi connectivity index (χ2n) is 5.85. The first-order valence-corrected chi connectivity index (χ1v) is 7.94. The van der Waals surface area contributed by atoms with Gasteiger partial charge in [-0.3, -0.25) is 14.4 Å². The highest BCUT2D eigenvalue weighted by Crippen LogP contribution is 2.14. The average molecular weight is 320 g/mol. The zero-order valence-corrected chi connectivity index (χ0v) is 14.0. The Labute approximate surface area is 140 Å². The first-order valence-electron chi connectivity index (χ1n) is 7.94. The summed E-state index contributed by atoms with van der Waals surface area (Å²) in [6.07, 6.45) is 3.35. The lowest BCUT2D eigenvalue weighted by Crippen LogP contribution is -2.28. The van der Waals surface area contributed by atoms with Crippen LogP contribution in [0.15, 0.2) is 65.9 Å². The molecule has 5 heteroatoms. The zero-order chi connectivity index (χ0) is 17.1. The standard InChI is InChI=1S/C19H20N4O/c1-14(2)21-18-11-7-8-12-22(18)19(24)17-13-20-23(15(17)3)16-9-5-4-6-10-16/h4-14H,1-3H3. The molecule has 0 fully saturated rings. The van der Waals surface area contributed by atoms with Crippen molar-refractivity contribution in [2.24, 2.45) is 4.99 Å². The number of carbonyl (C=O) groups is 1. The van der Waals surface area contributed by atoms with Gasteiger partial charge in [-0.1, -0.05) is 24.3 Å². The lowest BCUT2D eigenvalue weighted by atomic mass is 10.2. The predicted octanol–water partition coefficient (Wildman–Crippen LogP) is 2.98. The van der Waals surface area contributed by atoms with E-state index in [9.17, 15) is 4.79 Å². The van der Waals surface area contributed by atoms with Crippen LogP contribution in [0.2, 0.25) is 0 Å². The van der Waals surface area contributed by atoms with Gasteiger partial charge >= 0.3 is 0 Å². The van der Waals surface area contributed by atoms with E-state index in [0.717, 1.165) is 11.4 Å². The summed E-state index contributed by atoms with van der Waals surface area (Å²) in [5, 5.41) is 4.38. The van der Waals surface area contributed by atoms with E-state index in [0.29, 0.717) is 11.1 Å². The van der Waals surface area contributed by atoms with Gasteiger partial charge < -0.3 is 0 Å². The highest BCUT2D eigenvalue weighted by molar-refractivity contribution is 5.96. The molecule has 0 saturated heterocycles. The summed E-state index contributed by atoms with van der Waals surface area (Å²) in [4.78, 5) is 17.5. The van der Waals surface area contributed by atoms with Crippen LogP contribution in [0.3, 0.4) is 0 Å². The summed E-state index contributed by atoms with van der Waals surface area (Å²) in [6, 6.07) is 15.4. The van der Waals surface area contributed by atoms with Crippen molar-refractivity contribution < 1.29 is 4.79 Å². The van der Waals surface area contributed by atoms with E-state index >= 15 is 0 Å². The van der Waals surface area contributed by atoms with Gasteiger partial charge in [0.1, 0.15) is 5.49 Å². The number of carbonyl (C=O) groups excluding carboxylic acids is 1. The number of pyridine rings is 1. The second kappa shape index (κ2) is 6.66. The number of nitrogens with zero attached hydrogens (tertiary/aromatic N) is 4. The molecule has 0 spiro atoms. The molecule has 0 aliphatic rings. The van der Waals surface area contributed by atoms with E-state index in [1.54, 1.807) is 21.6 Å². The molecule has 1 aromatic carbocycles. The summed E-state index contributed by atoms with van der Waals surface area (Å²) in [5.74, 6) is -0.130. The Morgan fingerprint density at radius 1 is 1.08 bits per heavy atom. The van der Waals surface area contributed by atoms with Gasteiger partial charge in [-0.05, 0) is 45.0 Å². The van der Waals surface area contributed by atoms with Crippen molar-refractivity contribution in [3.05, 3.63) is 77.7 Å². The molecule has 0 saturated carbocycles. The Morgan fingerprint density at radius 2 is 1.79 bits per heavy atom. The number of hydrogen-bond acceptors (Lipinski definition) is 3. The molecule has 0 radical (unpaired) electrons. The first kappa shape index (κ1) is 15.9. The Hall–Kier alpha value is -2.95. The average Bonchev–Trinajstić information content (AvgIpc) is 2.96. The molecular formula is C19H20N4O. The molecule has 0 N–H and O–H groups in total. The molecule has 5 nitrogen and oxygen atoms in total. The maximum absolute atomic E-state index is 13.0. The van der Waals surface area contributed by atoms with Crippen molar-refractivity contribution >= 4 is 5.91 Å². The maximum Gasteiger partial charge on any atom is 0.267 e. The number of benzene rings is 1. The predicted molar refractivity (Wildman–Crippen MR) is 93.2 cm³/mol. The Bertz CT molecular complexity index is 920. The Balaban J connectivity index is 2.06. The highest BCUT2D eigenvalue weighted by Gasteiger charge is 2.17. The number of aromatic nitrogens is 3. The van der Waals surface area contributed by atoms with Crippen LogP contribution in [0.1, 0.15) is 29.9 Å². The Morgan fingerprint density at radius 3 is 2.50 bits per heavy atom. The van der Waals surface area contributed by atoms with Gasteiger partial charge in [-0.2, -0.15) is 5.10 Å². The van der Waals surface area contributed by atoms with Crippen LogP contribution in [0, 0.1) is 6.92 Å². The first-order chi connectivity index (χ1) is 11.6. The van der Waals surface area contributed by atoms with Crippen LogP contribution in [0.25, 0.3) is 5.69 Å². The van der Waals surface area contributed by atoms with E-state index in [1.807, 2.05) is 69.3 Å². The van der Waals surface area contributed by atoms with Crippen molar-refractivity contribution in [2.75, 3.05) is 0 Å². The lowest BCUT2D eigenvalue weighted by Gasteiger charge is -2.08. The van der Waals surface area contributed by atoms with Crippen LogP contribution in [0.5, 0.6) is 0 Å². The van der Waals surface area contributed by atoms with Crippen LogP contribution < -0.4 is 5.49 Å².